The number of aliphatic carboxylic acids is 1. The highest BCUT2D eigenvalue weighted by Gasteiger charge is 2.52. The lowest BCUT2D eigenvalue weighted by molar-refractivity contribution is -0.166. The molecule has 0 aromatic heterocycles. The Balaban J connectivity index is 1.39. The minimum atomic E-state index is -1.64. The van der Waals surface area contributed by atoms with Crippen molar-refractivity contribution in [2.24, 2.45) is 23.2 Å². The zero-order chi connectivity index (χ0) is 16.2. The molecule has 4 aliphatic carbocycles. The van der Waals surface area contributed by atoms with Crippen LogP contribution in [0.4, 0.5) is 0 Å². The van der Waals surface area contributed by atoms with Crippen molar-refractivity contribution in [2.75, 3.05) is 13.1 Å². The first-order valence-electron chi connectivity index (χ1n) is 9.11. The lowest BCUT2D eigenvalue weighted by Crippen LogP contribution is -2.53. The zero-order valence-corrected chi connectivity index (χ0v) is 13.7. The summed E-state index contributed by atoms with van der Waals surface area (Å²) in [5.74, 6) is 1.54. The van der Waals surface area contributed by atoms with Crippen LogP contribution in [0.5, 0.6) is 0 Å². The molecular formula is C18H27NO4. The van der Waals surface area contributed by atoms with Gasteiger partial charge in [-0.2, -0.15) is 0 Å². The minimum Gasteiger partial charge on any atom is -0.479 e. The van der Waals surface area contributed by atoms with Gasteiger partial charge in [0.15, 0.2) is 5.60 Å². The maximum atomic E-state index is 12.8. The fourth-order valence-corrected chi connectivity index (χ4v) is 6.28. The van der Waals surface area contributed by atoms with Crippen molar-refractivity contribution in [1.29, 1.82) is 0 Å². The van der Waals surface area contributed by atoms with Crippen LogP contribution in [0.25, 0.3) is 0 Å². The first-order valence-corrected chi connectivity index (χ1v) is 9.11. The smallest absolute Gasteiger partial charge is 0.335 e. The Labute approximate surface area is 137 Å². The number of carbonyl (C=O) groups excluding carboxylic acids is 1. The van der Waals surface area contributed by atoms with E-state index in [0.29, 0.717) is 19.5 Å². The zero-order valence-electron chi connectivity index (χ0n) is 13.7. The Kier molecular flexibility index (Phi) is 3.49. The third-order valence-corrected chi connectivity index (χ3v) is 7.03. The number of carboxylic acid groups (broad SMARTS) is 1. The maximum absolute atomic E-state index is 12.8. The number of aliphatic hydroxyl groups is 1. The van der Waals surface area contributed by atoms with Crippen molar-refractivity contribution < 1.29 is 19.8 Å². The van der Waals surface area contributed by atoms with Gasteiger partial charge < -0.3 is 15.1 Å². The van der Waals surface area contributed by atoms with Crippen LogP contribution >= 0.6 is 0 Å². The van der Waals surface area contributed by atoms with Crippen LogP contribution in [0.15, 0.2) is 0 Å². The number of amides is 1. The van der Waals surface area contributed by atoms with E-state index in [1.165, 1.54) is 38.5 Å². The second-order valence-electron chi connectivity index (χ2n) is 8.81. The van der Waals surface area contributed by atoms with Crippen molar-refractivity contribution in [2.45, 2.75) is 63.4 Å². The van der Waals surface area contributed by atoms with E-state index in [9.17, 15) is 14.7 Å². The third kappa shape index (κ3) is 2.67. The van der Waals surface area contributed by atoms with Crippen LogP contribution in [-0.2, 0) is 9.59 Å². The Hall–Kier alpha value is -1.10. The largest absolute Gasteiger partial charge is 0.479 e. The molecule has 5 rings (SSSR count). The van der Waals surface area contributed by atoms with Gasteiger partial charge in [-0.3, -0.25) is 4.79 Å². The van der Waals surface area contributed by atoms with Crippen LogP contribution in [0.2, 0.25) is 0 Å². The average molecular weight is 321 g/mol. The molecule has 5 nitrogen and oxygen atoms in total. The van der Waals surface area contributed by atoms with Gasteiger partial charge in [-0.05, 0) is 61.7 Å². The van der Waals surface area contributed by atoms with Gasteiger partial charge in [0.1, 0.15) is 0 Å². The summed E-state index contributed by atoms with van der Waals surface area (Å²) in [7, 11) is 0. The summed E-state index contributed by atoms with van der Waals surface area (Å²) in [4.78, 5) is 25.6. The number of carbonyl (C=O) groups is 2. The fourth-order valence-electron chi connectivity index (χ4n) is 6.28. The molecule has 0 aromatic carbocycles. The molecule has 0 unspecified atom stereocenters. The molecule has 1 aliphatic heterocycles. The summed E-state index contributed by atoms with van der Waals surface area (Å²) >= 11 is 0. The van der Waals surface area contributed by atoms with E-state index < -0.39 is 11.6 Å². The maximum Gasteiger partial charge on any atom is 0.335 e. The molecule has 2 N–H and O–H groups in total. The van der Waals surface area contributed by atoms with E-state index in [2.05, 4.69) is 0 Å². The standard InChI is InChI=1S/C18H27NO4/c20-15(19-3-1-18(23,2-4-19)16(21)22)11-17-8-12-5-13(9-17)7-14(6-12)10-17/h12-14,23H,1-11H2,(H,21,22). The molecule has 0 atom stereocenters. The monoisotopic (exact) mass is 321 g/mol. The lowest BCUT2D eigenvalue weighted by Gasteiger charge is -2.57. The highest BCUT2D eigenvalue weighted by Crippen LogP contribution is 2.61. The summed E-state index contributed by atoms with van der Waals surface area (Å²) in [6.07, 6.45) is 8.73. The van der Waals surface area contributed by atoms with Gasteiger partial charge in [0.2, 0.25) is 5.91 Å². The number of nitrogens with zero attached hydrogens (tertiary/aromatic N) is 1. The van der Waals surface area contributed by atoms with Gasteiger partial charge in [0, 0.05) is 32.4 Å². The van der Waals surface area contributed by atoms with Crippen molar-refractivity contribution in [1.82, 2.24) is 4.90 Å². The molecule has 0 radical (unpaired) electrons. The predicted molar refractivity (Wildman–Crippen MR) is 83.6 cm³/mol. The van der Waals surface area contributed by atoms with E-state index in [4.69, 9.17) is 5.11 Å². The number of piperidine rings is 1. The van der Waals surface area contributed by atoms with Gasteiger partial charge in [0.05, 0.1) is 0 Å². The molecule has 5 aliphatic rings. The fraction of sp³-hybridized carbons (Fsp3) is 0.889. The van der Waals surface area contributed by atoms with Gasteiger partial charge in [0.25, 0.3) is 0 Å². The van der Waals surface area contributed by atoms with Crippen molar-refractivity contribution in [3.63, 3.8) is 0 Å². The van der Waals surface area contributed by atoms with E-state index in [1.807, 2.05) is 0 Å². The number of likely N-dealkylation sites (tertiary alicyclic amines) is 1. The molecule has 1 saturated heterocycles. The van der Waals surface area contributed by atoms with Crippen molar-refractivity contribution in [3.05, 3.63) is 0 Å². The normalized spacial score (nSPS) is 41.1. The molecule has 0 aromatic rings. The predicted octanol–water partition coefficient (Wildman–Crippen LogP) is 2.03. The second kappa shape index (κ2) is 5.20. The number of rotatable bonds is 3. The van der Waals surface area contributed by atoms with Crippen LogP contribution in [-0.4, -0.2) is 45.7 Å². The molecule has 5 heteroatoms. The SMILES string of the molecule is O=C(CC12CC3CC(CC(C3)C1)C2)N1CCC(O)(C(=O)O)CC1. The van der Waals surface area contributed by atoms with E-state index in [-0.39, 0.29) is 24.2 Å². The third-order valence-electron chi connectivity index (χ3n) is 7.03. The van der Waals surface area contributed by atoms with Gasteiger partial charge in [-0.15, -0.1) is 0 Å². The molecule has 1 amide bonds. The van der Waals surface area contributed by atoms with Gasteiger partial charge >= 0.3 is 5.97 Å². The van der Waals surface area contributed by atoms with E-state index in [1.54, 1.807) is 4.90 Å². The second-order valence-corrected chi connectivity index (χ2v) is 8.81. The topological polar surface area (TPSA) is 77.8 Å². The average Bonchev–Trinajstić information content (AvgIpc) is 2.45. The molecule has 1 heterocycles. The first kappa shape index (κ1) is 15.4. The van der Waals surface area contributed by atoms with Crippen LogP contribution in [0, 0.1) is 23.2 Å². The molecule has 4 saturated carbocycles. The number of carboxylic acids is 1. The highest BCUT2D eigenvalue weighted by atomic mass is 16.4. The lowest BCUT2D eigenvalue weighted by atomic mass is 9.49. The first-order chi connectivity index (χ1) is 10.9. The highest BCUT2D eigenvalue weighted by molar-refractivity contribution is 5.80. The quantitative estimate of drug-likeness (QED) is 0.834. The molecule has 5 fully saturated rings. The van der Waals surface area contributed by atoms with Gasteiger partial charge in [-0.1, -0.05) is 0 Å². The van der Waals surface area contributed by atoms with Crippen LogP contribution < -0.4 is 0 Å². The molecule has 23 heavy (non-hydrogen) atoms. The molecule has 0 spiro atoms. The minimum absolute atomic E-state index is 0.148. The van der Waals surface area contributed by atoms with Crippen LogP contribution in [0.1, 0.15) is 57.8 Å². The number of hydrogen-bond donors (Lipinski definition) is 2. The molecule has 4 bridgehead atoms. The molecule has 128 valence electrons. The molecular weight excluding hydrogens is 294 g/mol. The summed E-state index contributed by atoms with van der Waals surface area (Å²) in [5, 5.41) is 19.1. The Bertz CT molecular complexity index is 486. The van der Waals surface area contributed by atoms with Gasteiger partial charge in [-0.25, -0.2) is 4.79 Å². The van der Waals surface area contributed by atoms with E-state index in [0.717, 1.165) is 17.8 Å². The van der Waals surface area contributed by atoms with Crippen molar-refractivity contribution >= 4 is 11.9 Å². The summed E-state index contributed by atoms with van der Waals surface area (Å²) in [6.45, 7) is 0.738. The summed E-state index contributed by atoms with van der Waals surface area (Å²) in [6, 6.07) is 0. The Morgan fingerprint density at radius 3 is 1.87 bits per heavy atom. The summed E-state index contributed by atoms with van der Waals surface area (Å²) in [5.41, 5.74) is -1.41. The summed E-state index contributed by atoms with van der Waals surface area (Å²) < 4.78 is 0. The Morgan fingerprint density at radius 2 is 1.43 bits per heavy atom. The number of hydrogen-bond acceptors (Lipinski definition) is 3. The van der Waals surface area contributed by atoms with E-state index >= 15 is 0 Å². The Morgan fingerprint density at radius 1 is 0.957 bits per heavy atom. The van der Waals surface area contributed by atoms with Crippen molar-refractivity contribution in [3.8, 4) is 0 Å². The van der Waals surface area contributed by atoms with Crippen LogP contribution in [0.3, 0.4) is 0 Å².